The van der Waals surface area contributed by atoms with Gasteiger partial charge in [-0.2, -0.15) is 0 Å². The average Bonchev–Trinajstić information content (AvgIpc) is 3.87. The van der Waals surface area contributed by atoms with E-state index in [1.54, 1.807) is 38.5 Å². The Morgan fingerprint density at radius 1 is 0.587 bits per heavy atom. The quantitative estimate of drug-likeness (QED) is 0.0229. The lowest BCUT2D eigenvalue weighted by Gasteiger charge is -2.13. The van der Waals surface area contributed by atoms with Crippen molar-refractivity contribution in [2.75, 3.05) is 47.8 Å². The number of hydrogen-bond acceptors (Lipinski definition) is 18. The molecule has 1 aliphatic rings. The minimum Gasteiger partial charge on any atom is -0.505 e. The molecule has 0 saturated heterocycles. The number of ether oxygens (including phenoxy) is 10. The lowest BCUT2D eigenvalue weighted by Crippen LogP contribution is -2.13. The van der Waals surface area contributed by atoms with Crippen LogP contribution in [0, 0.1) is 12.5 Å². The Balaban J connectivity index is 1.16. The summed E-state index contributed by atoms with van der Waals surface area (Å²) >= 11 is 2.21. The first-order chi connectivity index (χ1) is 36.2. The number of aliphatic hydroxyl groups is 2. The van der Waals surface area contributed by atoms with E-state index in [-0.39, 0.29) is 93.8 Å². The van der Waals surface area contributed by atoms with Crippen LogP contribution in [0.15, 0.2) is 129 Å². The number of methoxy groups -OCH3 is 3. The first-order valence-electron chi connectivity index (χ1n) is 23.6. The van der Waals surface area contributed by atoms with Gasteiger partial charge in [-0.3, -0.25) is 0 Å². The summed E-state index contributed by atoms with van der Waals surface area (Å²) in [6, 6.07) is 23.7. The van der Waals surface area contributed by atoms with Gasteiger partial charge in [0.15, 0.2) is 0 Å². The summed E-state index contributed by atoms with van der Waals surface area (Å²) in [5.74, 6) is -1.14. The van der Waals surface area contributed by atoms with Crippen LogP contribution in [0.25, 0.3) is 4.85 Å². The van der Waals surface area contributed by atoms with Gasteiger partial charge in [-0.15, -0.1) is 0 Å². The highest BCUT2D eigenvalue weighted by Crippen LogP contribution is 2.59. The van der Waals surface area contributed by atoms with E-state index in [2.05, 4.69) is 11.4 Å². The van der Waals surface area contributed by atoms with E-state index in [9.17, 15) is 29.4 Å². The third kappa shape index (κ3) is 15.6. The summed E-state index contributed by atoms with van der Waals surface area (Å²) in [6.45, 7) is 18.3. The van der Waals surface area contributed by atoms with E-state index >= 15 is 0 Å². The van der Waals surface area contributed by atoms with Crippen LogP contribution in [0.5, 0.6) is 40.2 Å². The van der Waals surface area contributed by atoms with Crippen molar-refractivity contribution in [3.63, 3.8) is 0 Å². The fourth-order valence-electron chi connectivity index (χ4n) is 6.75. The van der Waals surface area contributed by atoms with Gasteiger partial charge >= 0.3 is 23.9 Å². The summed E-state index contributed by atoms with van der Waals surface area (Å²) in [6.07, 6.45) is 1.74. The molecule has 0 bridgehead atoms. The Bertz CT molecular complexity index is 2740. The molecule has 5 aromatic carbocycles. The molecule has 6 rings (SSSR count). The van der Waals surface area contributed by atoms with Crippen LogP contribution in [0.3, 0.4) is 0 Å². The molecule has 19 heteroatoms. The highest BCUT2D eigenvalue weighted by molar-refractivity contribution is 8.24. The predicted octanol–water partition coefficient (Wildman–Crippen LogP) is 10.5. The van der Waals surface area contributed by atoms with Gasteiger partial charge in [0, 0.05) is 39.7 Å². The molecule has 2 N–H and O–H groups in total. The van der Waals surface area contributed by atoms with Crippen molar-refractivity contribution in [1.29, 1.82) is 0 Å². The topological polar surface area (TPSA) is 205 Å². The predicted molar refractivity (Wildman–Crippen MR) is 279 cm³/mol. The maximum atomic E-state index is 13.7. The molecule has 0 aliphatic carbocycles. The summed E-state index contributed by atoms with van der Waals surface area (Å²) in [5, 5.41) is 19.3. The molecule has 3 atom stereocenters. The number of hydrogen-bond donors (Lipinski definition) is 2. The summed E-state index contributed by atoms with van der Waals surface area (Å²) in [7, 11) is 4.62. The number of aliphatic hydroxyl groups excluding tert-OH is 2. The second kappa shape index (κ2) is 27.8. The lowest BCUT2D eigenvalue weighted by molar-refractivity contribution is 0.0709. The van der Waals surface area contributed by atoms with E-state index in [0.717, 1.165) is 23.5 Å². The fraction of sp³-hybridized carbons (Fsp3) is 0.304. The highest BCUT2D eigenvalue weighted by Gasteiger charge is 2.32. The zero-order valence-electron chi connectivity index (χ0n) is 42.2. The van der Waals surface area contributed by atoms with Crippen LogP contribution < -0.4 is 33.2 Å². The number of rotatable bonds is 26. The average molecular weight is 1060 g/mol. The highest BCUT2D eigenvalue weighted by atomic mass is 32.2. The zero-order chi connectivity index (χ0) is 54.0. The summed E-state index contributed by atoms with van der Waals surface area (Å²) in [4.78, 5) is 58.2. The molecule has 0 radical (unpaired) electrons. The van der Waals surface area contributed by atoms with E-state index in [0.29, 0.717) is 63.6 Å². The molecule has 0 saturated carbocycles. The molecular weight excluding hydrogens is 1010 g/mol. The minimum absolute atomic E-state index is 0.00306. The maximum Gasteiger partial charge on any atom is 0.347 e. The van der Waals surface area contributed by atoms with Gasteiger partial charge in [0.05, 0.1) is 83.0 Å². The van der Waals surface area contributed by atoms with Gasteiger partial charge in [-0.05, 0) is 123 Å². The number of nitrogens with zero attached hydrogens (tertiary/aromatic N) is 1. The second-order valence-electron chi connectivity index (χ2n) is 16.8. The Hall–Kier alpha value is -7.31. The Kier molecular flexibility index (Phi) is 21.1. The largest absolute Gasteiger partial charge is 0.505 e. The van der Waals surface area contributed by atoms with Crippen molar-refractivity contribution < 1.29 is 76.8 Å². The van der Waals surface area contributed by atoms with E-state index in [1.807, 2.05) is 20.8 Å². The number of carbonyl (C=O) groups excluding carboxylic acids is 4. The SMILES string of the molecule is [C-]#[N+]/C(C(=C)OCCC(C)OC)=C1/Sc2c(OC(=O)c3ccc(OC(=O)c4ccc(OCCC(C)OC)cc4CO)cc3)ccc(OC(=O)c3ccc(OC(=O)c4ccc(OCCC(C)CO)cc4OC)cc3)c2S1. The Morgan fingerprint density at radius 2 is 1.07 bits per heavy atom. The smallest absolute Gasteiger partial charge is 0.347 e. The van der Waals surface area contributed by atoms with Crippen LogP contribution in [0.2, 0.25) is 0 Å². The van der Waals surface area contributed by atoms with E-state index < -0.39 is 30.5 Å². The molecule has 0 spiro atoms. The molecule has 394 valence electrons. The monoisotopic (exact) mass is 1060 g/mol. The number of thioether (sulfide) groups is 2. The Morgan fingerprint density at radius 3 is 1.56 bits per heavy atom. The van der Waals surface area contributed by atoms with Crippen molar-refractivity contribution in [1.82, 2.24) is 0 Å². The van der Waals surface area contributed by atoms with Crippen LogP contribution >= 0.6 is 23.5 Å². The van der Waals surface area contributed by atoms with Crippen molar-refractivity contribution >= 4 is 47.4 Å². The van der Waals surface area contributed by atoms with Gasteiger partial charge in [0.1, 0.15) is 51.6 Å². The van der Waals surface area contributed by atoms with Gasteiger partial charge < -0.3 is 57.6 Å². The van der Waals surface area contributed by atoms with Gasteiger partial charge in [0.2, 0.25) is 5.70 Å². The molecule has 0 fully saturated rings. The second-order valence-corrected chi connectivity index (χ2v) is 19.1. The third-order valence-corrected chi connectivity index (χ3v) is 14.1. The molecule has 1 heterocycles. The third-order valence-electron chi connectivity index (χ3n) is 11.5. The van der Waals surface area contributed by atoms with Crippen molar-refractivity contribution in [3.05, 3.63) is 159 Å². The standard InChI is InChI=1S/C56H57NO16S2/c1-33(31-58)23-26-68-43-18-20-45(48(30-43)66-8)55(63)71-41-15-11-38(12-16-41)53(61)73-47-22-21-46(50-51(47)75-56(74-50)49(57-5)36(4)67-27-24-34(2)64-6)72-52(60)37-9-13-40(14-10-37)70-54(62)44-19-17-42(29-39(44)32-59)69-28-25-35(3)65-7/h9-22,29-30,33-35,58-59H,4,23-28,31-32H2,1-3,6-8H3/b56-49-. The van der Waals surface area contributed by atoms with E-state index in [4.69, 9.17) is 53.9 Å². The van der Waals surface area contributed by atoms with Crippen molar-refractivity contribution in [2.45, 2.75) is 68.6 Å². The van der Waals surface area contributed by atoms with Crippen LogP contribution in [0.1, 0.15) is 87.0 Å². The molecule has 5 aromatic rings. The van der Waals surface area contributed by atoms with Crippen LogP contribution in [0.4, 0.5) is 0 Å². The minimum atomic E-state index is -0.767. The molecule has 1 aliphatic heterocycles. The van der Waals surface area contributed by atoms with Crippen LogP contribution in [-0.2, 0) is 20.8 Å². The molecule has 0 amide bonds. The van der Waals surface area contributed by atoms with Crippen molar-refractivity contribution in [3.8, 4) is 40.2 Å². The first kappa shape index (κ1) is 57.0. The molecule has 3 unspecified atom stereocenters. The fourth-order valence-corrected chi connectivity index (χ4v) is 9.36. The van der Waals surface area contributed by atoms with E-state index in [1.165, 1.54) is 79.9 Å². The number of esters is 4. The lowest BCUT2D eigenvalue weighted by atomic mass is 10.1. The number of fused-ring (bicyclic) bond motifs is 1. The normalized spacial score (nSPS) is 13.5. The zero-order valence-corrected chi connectivity index (χ0v) is 43.8. The maximum absolute atomic E-state index is 13.7. The molecule has 0 aromatic heterocycles. The van der Waals surface area contributed by atoms with Crippen LogP contribution in [-0.4, -0.2) is 94.1 Å². The molecular formula is C56H57NO16S2. The number of benzene rings is 5. The Labute approximate surface area is 443 Å². The van der Waals surface area contributed by atoms with Crippen molar-refractivity contribution in [2.24, 2.45) is 5.92 Å². The van der Waals surface area contributed by atoms with Gasteiger partial charge in [-0.1, -0.05) is 37.0 Å². The number of carbonyl (C=O) groups is 4. The van der Waals surface area contributed by atoms with Gasteiger partial charge in [0.25, 0.3) is 0 Å². The summed E-state index contributed by atoms with van der Waals surface area (Å²) < 4.78 is 56.8. The first-order valence-corrected chi connectivity index (χ1v) is 25.2. The van der Waals surface area contributed by atoms with Gasteiger partial charge in [-0.25, -0.2) is 24.0 Å². The summed E-state index contributed by atoms with van der Waals surface area (Å²) in [5.41, 5.74) is 0.905. The molecule has 17 nitrogen and oxygen atoms in total. The molecule has 75 heavy (non-hydrogen) atoms.